The molecule has 0 radical (unpaired) electrons. The van der Waals surface area contributed by atoms with Crippen LogP contribution >= 0.6 is 0 Å². The molecule has 6 atom stereocenters. The molecule has 8 aliphatic heterocycles. The van der Waals surface area contributed by atoms with E-state index in [9.17, 15) is 43.8 Å². The van der Waals surface area contributed by atoms with Gasteiger partial charge in [0.2, 0.25) is 23.6 Å². The maximum Gasteiger partial charge on any atom is 0.262 e. The molecule has 0 aliphatic carbocycles. The van der Waals surface area contributed by atoms with Crippen molar-refractivity contribution >= 4 is 52.7 Å². The summed E-state index contributed by atoms with van der Waals surface area (Å²) in [5.41, 5.74) is 11.1. The molecule has 21 nitrogen and oxygen atoms in total. The zero-order valence-corrected chi connectivity index (χ0v) is 69.2. The Balaban J connectivity index is 0.000000233. The van der Waals surface area contributed by atoms with Crippen LogP contribution < -0.4 is 39.4 Å². The molecule has 16 rings (SSSR count). The van der Waals surface area contributed by atoms with E-state index in [0.29, 0.717) is 50.5 Å². The van der Waals surface area contributed by atoms with Crippen molar-refractivity contribution in [3.8, 4) is 34.5 Å². The molecule has 4 N–H and O–H groups in total. The molecule has 4 fully saturated rings. The number of benzene rings is 8. The van der Waals surface area contributed by atoms with Crippen molar-refractivity contribution in [1.82, 2.24) is 30.2 Å². The summed E-state index contributed by atoms with van der Waals surface area (Å²) in [6, 6.07) is 58.1. The molecule has 0 bridgehead atoms. The number of phenols is 2. The number of nitrogens with one attached hydrogen (secondary N) is 2. The van der Waals surface area contributed by atoms with E-state index in [1.807, 2.05) is 138 Å². The molecule has 4 saturated heterocycles. The average Bonchev–Trinajstić information content (AvgIpc) is 1.62. The number of rotatable bonds is 18. The van der Waals surface area contributed by atoms with E-state index in [1.165, 1.54) is 22.3 Å². The zero-order chi connectivity index (χ0) is 82.7. The van der Waals surface area contributed by atoms with Crippen molar-refractivity contribution in [2.45, 2.75) is 164 Å². The topological polar surface area (TPSA) is 240 Å². The third-order valence-electron chi connectivity index (χ3n) is 21.4. The molecule has 7 amide bonds. The van der Waals surface area contributed by atoms with Gasteiger partial charge in [-0.15, -0.1) is 0 Å². The third kappa shape index (κ3) is 21.1. The van der Waals surface area contributed by atoms with Gasteiger partial charge in [0.1, 0.15) is 46.6 Å². The minimum Gasteiger partial charge on any atom is -0.508 e. The summed E-state index contributed by atoms with van der Waals surface area (Å²) in [5.74, 6) is 1.19. The highest BCUT2D eigenvalue weighted by Gasteiger charge is 2.46. The highest BCUT2D eigenvalue weighted by molar-refractivity contribution is 6.24. The van der Waals surface area contributed by atoms with Crippen LogP contribution in [-0.2, 0) is 25.7 Å². The number of carbonyl (C=O) groups excluding carboxylic acids is 7. The Bertz CT molecular complexity index is 4510. The molecule has 8 aromatic rings. The standard InChI is InChI=1S/C41H40N4O7.C41H42N4O6.6C2H6/c46-29-10-14-32-36(24-29)52-25-34(26-5-2-1-3-6-26)38(32)27-7-11-30(12-8-27)51-22-4-17-43-18-20-44(21-19-43)28-9-13-31-33(23-28)41(50)45(40(31)49)35-15-16-37(47)42-39(35)48;46-31-10-14-34-37(24-31)51-26-35(27-5-2-1-3-6-27)39(34)28-7-11-32(12-8-28)50-22-4-17-43-18-20-44(21-19-43)30-9-13-33-29(23-30)25-45(41(33)49)36-15-16-38(47)42-40(36)48;6*1-2/h1-3,5-14,23-24,34-35,38,46H,4,15-22,25H2,(H,42,47,48);1-3,5-14,23-24,35-36,39,46H,4,15-22,25-26H2,(H,42,47,48);6*1-2H3/t34-,35?,38-;35-,36?,39-;;;;;;/m11....../s1. The number of piperidine rings is 2. The van der Waals surface area contributed by atoms with Gasteiger partial charge >= 0.3 is 0 Å². The smallest absolute Gasteiger partial charge is 0.262 e. The second-order valence-corrected chi connectivity index (χ2v) is 27.7. The minimum absolute atomic E-state index is 0.0757. The number of carbonyl (C=O) groups is 7. The van der Waals surface area contributed by atoms with Crippen molar-refractivity contribution in [3.05, 3.63) is 238 Å². The Morgan fingerprint density at radius 3 is 1.25 bits per heavy atom. The van der Waals surface area contributed by atoms with Gasteiger partial charge in [0.25, 0.3) is 17.7 Å². The molecule has 612 valence electrons. The number of aromatic hydroxyl groups is 2. The van der Waals surface area contributed by atoms with Crippen molar-refractivity contribution in [2.75, 3.05) is 102 Å². The SMILES string of the molecule is CC.CC.CC.CC.CC.CC.O=C1CCC(N2C(=O)c3ccc(N4CCN(CCCOc5ccc([C@@H]6c7ccc(O)cc7OC[C@@H]6c6ccccc6)cc5)CC4)cc3C2=O)C(=O)N1.O=C1CCC(N2Cc3cc(N4CCN(CCCOc5ccc([C@@H]6c7ccc(O)cc7OC[C@@H]6c6ccccc6)cc5)CC4)ccc3C2=O)C(=O)N1. The van der Waals surface area contributed by atoms with Gasteiger partial charge in [0.15, 0.2) is 0 Å². The van der Waals surface area contributed by atoms with Crippen LogP contribution in [0.4, 0.5) is 11.4 Å². The molecule has 21 heteroatoms. The molecule has 0 saturated carbocycles. The maximum atomic E-state index is 13.3. The summed E-state index contributed by atoms with van der Waals surface area (Å²) < 4.78 is 24.5. The van der Waals surface area contributed by atoms with Crippen LogP contribution in [0, 0.1) is 0 Å². The minimum atomic E-state index is -0.972. The summed E-state index contributed by atoms with van der Waals surface area (Å²) in [5, 5.41) is 24.7. The fourth-order valence-electron chi connectivity index (χ4n) is 16.0. The van der Waals surface area contributed by atoms with Gasteiger partial charge in [-0.3, -0.25) is 58.9 Å². The van der Waals surface area contributed by atoms with Crippen LogP contribution in [0.2, 0.25) is 0 Å². The van der Waals surface area contributed by atoms with Crippen LogP contribution in [0.15, 0.2) is 182 Å². The normalized spacial score (nSPS) is 19.8. The number of anilines is 2. The lowest BCUT2D eigenvalue weighted by Crippen LogP contribution is -2.54. The lowest BCUT2D eigenvalue weighted by atomic mass is 9.76. The lowest BCUT2D eigenvalue weighted by Gasteiger charge is -2.36. The molecule has 2 unspecified atom stereocenters. The monoisotopic (exact) mass is 1570 g/mol. The summed E-state index contributed by atoms with van der Waals surface area (Å²) in [4.78, 5) is 99.4. The molecule has 8 aromatic carbocycles. The second-order valence-electron chi connectivity index (χ2n) is 27.7. The highest BCUT2D eigenvalue weighted by Crippen LogP contribution is 2.49. The summed E-state index contributed by atoms with van der Waals surface area (Å²) in [6.07, 6.45) is 2.64. The molecule has 8 aliphatic rings. The number of nitrogens with zero attached hydrogens (tertiary/aromatic N) is 6. The van der Waals surface area contributed by atoms with Crippen LogP contribution in [0.5, 0.6) is 34.5 Å². The van der Waals surface area contributed by atoms with Gasteiger partial charge in [-0.05, 0) is 126 Å². The van der Waals surface area contributed by atoms with E-state index in [1.54, 1.807) is 41.3 Å². The Kier molecular flexibility index (Phi) is 33.2. The summed E-state index contributed by atoms with van der Waals surface area (Å²) in [6.45, 7) is 35.5. The number of phenolic OH excluding ortho intramolecular Hbond substituents is 2. The first-order valence-electron chi connectivity index (χ1n) is 41.8. The average molecular weight is 1570 g/mol. The van der Waals surface area contributed by atoms with Gasteiger partial charge in [0.05, 0.1) is 37.6 Å². The van der Waals surface area contributed by atoms with Crippen LogP contribution in [-0.4, -0.2) is 175 Å². The lowest BCUT2D eigenvalue weighted by molar-refractivity contribution is -0.138. The van der Waals surface area contributed by atoms with E-state index in [4.69, 9.17) is 18.9 Å². The fraction of sp³-hybridized carbons (Fsp3) is 0.415. The predicted octanol–water partition coefficient (Wildman–Crippen LogP) is 15.9. The number of hydrogen-bond acceptors (Lipinski definition) is 17. The first-order chi connectivity index (χ1) is 56.2. The van der Waals surface area contributed by atoms with Crippen molar-refractivity contribution in [2.24, 2.45) is 0 Å². The predicted molar refractivity (Wildman–Crippen MR) is 453 cm³/mol. The number of imide groups is 3. The van der Waals surface area contributed by atoms with Gasteiger partial charge in [-0.2, -0.15) is 0 Å². The Hall–Kier alpha value is -11.0. The van der Waals surface area contributed by atoms with E-state index >= 15 is 0 Å². The van der Waals surface area contributed by atoms with Crippen molar-refractivity contribution < 1.29 is 62.7 Å². The Labute approximate surface area is 679 Å². The third-order valence-corrected chi connectivity index (χ3v) is 21.4. The summed E-state index contributed by atoms with van der Waals surface area (Å²) in [7, 11) is 0. The molecule has 8 heterocycles. The number of hydrogen-bond donors (Lipinski definition) is 4. The van der Waals surface area contributed by atoms with Crippen molar-refractivity contribution in [1.29, 1.82) is 0 Å². The number of fused-ring (bicyclic) bond motifs is 4. The molecular weight excluding hydrogens is 1450 g/mol. The van der Waals surface area contributed by atoms with Gasteiger partial charge in [0, 0.05) is 149 Å². The number of piperazine rings is 2. The van der Waals surface area contributed by atoms with Crippen LogP contribution in [0.3, 0.4) is 0 Å². The molecular formula is C94H118N8O13. The van der Waals surface area contributed by atoms with Gasteiger partial charge in [-0.25, -0.2) is 0 Å². The van der Waals surface area contributed by atoms with Crippen molar-refractivity contribution in [3.63, 3.8) is 0 Å². The highest BCUT2D eigenvalue weighted by atomic mass is 16.5. The molecule has 0 spiro atoms. The van der Waals surface area contributed by atoms with E-state index < -0.39 is 35.7 Å². The number of ether oxygens (including phenoxy) is 4. The quantitative estimate of drug-likeness (QED) is 0.0461. The van der Waals surface area contributed by atoms with Crippen LogP contribution in [0.25, 0.3) is 0 Å². The molecule has 115 heavy (non-hydrogen) atoms. The van der Waals surface area contributed by atoms with Crippen LogP contribution in [0.1, 0.15) is 215 Å². The van der Waals surface area contributed by atoms with Gasteiger partial charge in [-0.1, -0.05) is 180 Å². The first-order valence-corrected chi connectivity index (χ1v) is 41.8. The van der Waals surface area contributed by atoms with E-state index in [2.05, 4.69) is 121 Å². The van der Waals surface area contributed by atoms with E-state index in [0.717, 1.165) is 134 Å². The van der Waals surface area contributed by atoms with Gasteiger partial charge < -0.3 is 43.9 Å². The zero-order valence-electron chi connectivity index (χ0n) is 69.2. The first kappa shape index (κ1) is 87.9. The number of amides is 7. The maximum absolute atomic E-state index is 13.3. The summed E-state index contributed by atoms with van der Waals surface area (Å²) >= 11 is 0. The largest absolute Gasteiger partial charge is 0.508 e. The molecule has 0 aromatic heterocycles. The Morgan fingerprint density at radius 2 is 0.817 bits per heavy atom. The Morgan fingerprint density at radius 1 is 0.409 bits per heavy atom. The van der Waals surface area contributed by atoms with E-state index in [-0.39, 0.29) is 77.7 Å². The fourth-order valence-corrected chi connectivity index (χ4v) is 16.0. The second kappa shape index (κ2) is 43.5.